The number of aromatic hydroxyl groups is 1. The van der Waals surface area contributed by atoms with Gasteiger partial charge in [-0.25, -0.2) is 12.7 Å². The van der Waals surface area contributed by atoms with Crippen molar-refractivity contribution in [3.63, 3.8) is 0 Å². The number of benzene rings is 2. The zero-order valence-electron chi connectivity index (χ0n) is 18.4. The molecule has 1 heterocycles. The first-order chi connectivity index (χ1) is 15.6. The number of halogens is 2. The molecule has 8 nitrogen and oxygen atoms in total. The van der Waals surface area contributed by atoms with Crippen molar-refractivity contribution in [3.8, 4) is 5.75 Å². The van der Waals surface area contributed by atoms with Gasteiger partial charge in [0, 0.05) is 45.7 Å². The Balaban J connectivity index is 1.51. The molecule has 1 amide bonds. The Morgan fingerprint density at radius 1 is 1.12 bits per heavy atom. The Morgan fingerprint density at radius 3 is 2.33 bits per heavy atom. The van der Waals surface area contributed by atoms with E-state index in [0.29, 0.717) is 13.0 Å². The highest BCUT2D eigenvalue weighted by Crippen LogP contribution is 2.34. The van der Waals surface area contributed by atoms with Crippen molar-refractivity contribution in [2.24, 2.45) is 4.99 Å². The van der Waals surface area contributed by atoms with Crippen LogP contribution in [-0.2, 0) is 21.2 Å². The fraction of sp³-hybridized carbons (Fsp3) is 0.364. The topological polar surface area (TPSA) is 102 Å². The number of hydrogen-bond donors (Lipinski definition) is 2. The highest BCUT2D eigenvalue weighted by molar-refractivity contribution is 7.89. The second kappa shape index (κ2) is 10.7. The molecule has 0 radical (unpaired) electrons. The van der Waals surface area contributed by atoms with E-state index < -0.39 is 10.0 Å². The molecule has 1 aliphatic heterocycles. The number of carbonyl (C=O) groups is 1. The van der Waals surface area contributed by atoms with E-state index in [1.54, 1.807) is 11.9 Å². The predicted molar refractivity (Wildman–Crippen MR) is 130 cm³/mol. The third-order valence-corrected chi connectivity index (χ3v) is 7.81. The minimum absolute atomic E-state index is 0.00850. The molecule has 0 unspecified atom stereocenters. The van der Waals surface area contributed by atoms with Crippen LogP contribution in [0.25, 0.3) is 0 Å². The third kappa shape index (κ3) is 6.17. The summed E-state index contributed by atoms with van der Waals surface area (Å²) < 4.78 is 26.6. The highest BCUT2D eigenvalue weighted by Gasteiger charge is 2.24. The number of hydrogen-bond acceptors (Lipinski definition) is 6. The molecule has 3 rings (SSSR count). The molecule has 0 atom stereocenters. The van der Waals surface area contributed by atoms with Crippen LogP contribution in [0.2, 0.25) is 10.0 Å². The number of carbonyl (C=O) groups excluding carboxylic acids is 1. The first kappa shape index (κ1) is 25.3. The van der Waals surface area contributed by atoms with E-state index >= 15 is 0 Å². The van der Waals surface area contributed by atoms with Gasteiger partial charge in [-0.1, -0.05) is 47.5 Å². The first-order valence-corrected chi connectivity index (χ1v) is 12.5. The average Bonchev–Trinajstić information content (AvgIpc) is 3.34. The summed E-state index contributed by atoms with van der Waals surface area (Å²) in [6.07, 6.45) is 0.706. The minimum atomic E-state index is -3.92. The molecule has 0 saturated heterocycles. The summed E-state index contributed by atoms with van der Waals surface area (Å²) in [5.74, 6) is 0.361. The zero-order chi connectivity index (χ0) is 24.2. The average molecular weight is 513 g/mol. The first-order valence-electron chi connectivity index (χ1n) is 10.4. The number of nitrogens with zero attached hydrogens (tertiary/aromatic N) is 3. The second-order valence-electron chi connectivity index (χ2n) is 7.73. The molecule has 2 aromatic rings. The zero-order valence-corrected chi connectivity index (χ0v) is 20.7. The van der Waals surface area contributed by atoms with E-state index in [1.165, 1.54) is 7.05 Å². The minimum Gasteiger partial charge on any atom is -0.505 e. The fourth-order valence-corrected chi connectivity index (χ4v) is 5.12. The smallest absolute Gasteiger partial charge is 0.242 e. The van der Waals surface area contributed by atoms with Gasteiger partial charge in [0.15, 0.2) is 5.75 Å². The normalized spacial score (nSPS) is 13.7. The number of rotatable bonds is 9. The summed E-state index contributed by atoms with van der Waals surface area (Å²) in [7, 11) is -0.847. The third-order valence-electron chi connectivity index (χ3n) is 5.40. The van der Waals surface area contributed by atoms with Crippen LogP contribution >= 0.6 is 23.2 Å². The van der Waals surface area contributed by atoms with Crippen LogP contribution in [0.15, 0.2) is 46.3 Å². The van der Waals surface area contributed by atoms with Crippen LogP contribution in [0.3, 0.4) is 0 Å². The van der Waals surface area contributed by atoms with Crippen LogP contribution in [0, 0.1) is 0 Å². The van der Waals surface area contributed by atoms with E-state index in [-0.39, 0.29) is 39.6 Å². The molecule has 0 fully saturated rings. The van der Waals surface area contributed by atoms with Crippen molar-refractivity contribution in [2.45, 2.75) is 17.7 Å². The van der Waals surface area contributed by atoms with Gasteiger partial charge < -0.3 is 15.3 Å². The predicted octanol–water partition coefficient (Wildman–Crippen LogP) is 2.76. The van der Waals surface area contributed by atoms with Crippen molar-refractivity contribution in [1.29, 1.82) is 0 Å². The number of amidine groups is 1. The van der Waals surface area contributed by atoms with Crippen LogP contribution in [0.1, 0.15) is 17.5 Å². The van der Waals surface area contributed by atoms with Gasteiger partial charge in [0.1, 0.15) is 5.84 Å². The van der Waals surface area contributed by atoms with Gasteiger partial charge in [-0.2, -0.15) is 0 Å². The van der Waals surface area contributed by atoms with Gasteiger partial charge in [-0.15, -0.1) is 0 Å². The number of phenolic OH excluding ortho intramolecular Hbond substituents is 1. The Hall–Kier alpha value is -2.33. The van der Waals surface area contributed by atoms with Gasteiger partial charge in [0.25, 0.3) is 0 Å². The molecule has 2 aromatic carbocycles. The lowest BCUT2D eigenvalue weighted by molar-refractivity contribution is -0.129. The van der Waals surface area contributed by atoms with Gasteiger partial charge in [0.05, 0.1) is 21.5 Å². The lowest BCUT2D eigenvalue weighted by Gasteiger charge is -2.21. The van der Waals surface area contributed by atoms with Crippen molar-refractivity contribution >= 4 is 45.0 Å². The number of amides is 1. The number of nitrogens with one attached hydrogen (secondary N) is 1. The molecular weight excluding hydrogens is 487 g/mol. The molecule has 0 aliphatic carbocycles. The van der Waals surface area contributed by atoms with Crippen molar-refractivity contribution < 1.29 is 18.3 Å². The Kier molecular flexibility index (Phi) is 8.23. The molecule has 0 spiro atoms. The van der Waals surface area contributed by atoms with Gasteiger partial charge in [-0.05, 0) is 24.1 Å². The quantitative estimate of drug-likeness (QED) is 0.537. The van der Waals surface area contributed by atoms with E-state index in [2.05, 4.69) is 10.3 Å². The molecule has 2 N–H and O–H groups in total. The molecule has 33 heavy (non-hydrogen) atoms. The molecule has 0 saturated carbocycles. The molecule has 11 heteroatoms. The summed E-state index contributed by atoms with van der Waals surface area (Å²) in [5.41, 5.74) is 2.14. The maximum atomic E-state index is 12.8. The molecular formula is C22H26Cl2N4O4S. The van der Waals surface area contributed by atoms with Crippen molar-refractivity contribution in [3.05, 3.63) is 57.6 Å². The summed E-state index contributed by atoms with van der Waals surface area (Å²) in [6.45, 7) is 2.15. The fourth-order valence-electron chi connectivity index (χ4n) is 3.28. The van der Waals surface area contributed by atoms with E-state index in [4.69, 9.17) is 23.2 Å². The Bertz CT molecular complexity index is 1130. The molecule has 178 valence electrons. The van der Waals surface area contributed by atoms with E-state index in [9.17, 15) is 18.3 Å². The van der Waals surface area contributed by atoms with Crippen LogP contribution in [-0.4, -0.2) is 74.7 Å². The summed E-state index contributed by atoms with van der Waals surface area (Å²) in [6, 6.07) is 10.3. The molecule has 1 aliphatic rings. The summed E-state index contributed by atoms with van der Waals surface area (Å²) >= 11 is 11.7. The van der Waals surface area contributed by atoms with Crippen LogP contribution < -0.4 is 5.32 Å². The maximum absolute atomic E-state index is 12.8. The second-order valence-corrected chi connectivity index (χ2v) is 10.6. The molecule has 0 aromatic heterocycles. The van der Waals surface area contributed by atoms with E-state index in [1.807, 2.05) is 24.3 Å². The number of aliphatic imine (C=N–C) groups is 1. The number of sulfonamides is 1. The van der Waals surface area contributed by atoms with Gasteiger partial charge in [0.2, 0.25) is 15.9 Å². The lowest BCUT2D eigenvalue weighted by atomic mass is 10.1. The van der Waals surface area contributed by atoms with Crippen LogP contribution in [0.4, 0.5) is 0 Å². The van der Waals surface area contributed by atoms with Crippen molar-refractivity contribution in [2.75, 3.05) is 40.3 Å². The summed E-state index contributed by atoms with van der Waals surface area (Å²) in [4.78, 5) is 18.4. The van der Waals surface area contributed by atoms with E-state index in [0.717, 1.165) is 46.5 Å². The summed E-state index contributed by atoms with van der Waals surface area (Å²) in [5, 5.41) is 12.6. The Morgan fingerprint density at radius 2 is 1.76 bits per heavy atom. The maximum Gasteiger partial charge on any atom is 0.242 e. The standard InChI is InChI=1S/C22H26Cl2N4O4S/c1-27(11-7-15-3-5-16(6-4-15)22-25-9-10-26-22)20(29)8-12-28(2)33(31,32)17-13-18(23)21(30)19(24)14-17/h3-6,13-14,30H,7-12H2,1-2H3,(H,25,26). The highest BCUT2D eigenvalue weighted by atomic mass is 35.5. The molecule has 0 bridgehead atoms. The SMILES string of the molecule is CN(CCc1ccc(C2=NCCN2)cc1)C(=O)CCN(C)S(=O)(=O)c1cc(Cl)c(O)c(Cl)c1. The van der Waals surface area contributed by atoms with Crippen molar-refractivity contribution in [1.82, 2.24) is 14.5 Å². The Labute approximate surface area is 203 Å². The lowest BCUT2D eigenvalue weighted by Crippen LogP contribution is -2.34. The number of likely N-dealkylation sites (N-methyl/N-ethyl adjacent to an activating group) is 1. The van der Waals surface area contributed by atoms with Gasteiger partial charge in [-0.3, -0.25) is 9.79 Å². The van der Waals surface area contributed by atoms with Crippen LogP contribution in [0.5, 0.6) is 5.75 Å². The number of phenols is 1. The van der Waals surface area contributed by atoms with Gasteiger partial charge >= 0.3 is 0 Å². The monoisotopic (exact) mass is 512 g/mol. The largest absolute Gasteiger partial charge is 0.505 e.